The van der Waals surface area contributed by atoms with E-state index >= 15 is 0 Å². The molecule has 0 bridgehead atoms. The summed E-state index contributed by atoms with van der Waals surface area (Å²) in [5, 5.41) is 0. The number of rotatable bonds is 8. The Kier molecular flexibility index (Phi) is 7.52. The van der Waals surface area contributed by atoms with Gasteiger partial charge in [0.1, 0.15) is 6.61 Å². The van der Waals surface area contributed by atoms with Crippen LogP contribution in [-0.2, 0) is 4.74 Å². The van der Waals surface area contributed by atoms with Crippen molar-refractivity contribution >= 4 is 35.5 Å². The second-order valence-corrected chi connectivity index (χ2v) is 53.5. The SMILES string of the molecule is C=CC(/C(=C/[Si]([Si](C)(C)C)([Si](C)(C)C)[Si](C)(C)C)N1C(=O)OCC1(C)C)c1ccccc1. The van der Waals surface area contributed by atoms with Crippen LogP contribution in [0.25, 0.3) is 0 Å². The van der Waals surface area contributed by atoms with Crippen molar-refractivity contribution in [3.05, 3.63) is 59.9 Å². The molecule has 1 aliphatic rings. The molecule has 2 rings (SSSR count). The highest BCUT2D eigenvalue weighted by Gasteiger charge is 2.61. The second-order valence-electron chi connectivity index (χ2n) is 13.0. The van der Waals surface area contributed by atoms with Crippen molar-refractivity contribution in [2.75, 3.05) is 6.61 Å². The maximum Gasteiger partial charge on any atom is 0.414 e. The molecule has 178 valence electrons. The van der Waals surface area contributed by atoms with E-state index in [2.05, 4.69) is 109 Å². The maximum absolute atomic E-state index is 13.2. The number of hydrogen-bond acceptors (Lipinski definition) is 2. The predicted molar refractivity (Wildman–Crippen MR) is 151 cm³/mol. The lowest BCUT2D eigenvalue weighted by Gasteiger charge is -2.56. The van der Waals surface area contributed by atoms with Gasteiger partial charge in [0.2, 0.25) is 0 Å². The summed E-state index contributed by atoms with van der Waals surface area (Å²) in [4.78, 5) is 15.2. The molecule has 1 amide bonds. The zero-order valence-electron chi connectivity index (χ0n) is 22.3. The van der Waals surface area contributed by atoms with Gasteiger partial charge in [-0.25, -0.2) is 4.79 Å². The zero-order valence-corrected chi connectivity index (χ0v) is 26.3. The van der Waals surface area contributed by atoms with E-state index in [0.717, 1.165) is 5.70 Å². The fourth-order valence-corrected chi connectivity index (χ4v) is 102. The van der Waals surface area contributed by atoms with E-state index in [9.17, 15) is 4.79 Å². The lowest BCUT2D eigenvalue weighted by molar-refractivity contribution is 0.163. The highest BCUT2D eigenvalue weighted by molar-refractivity contribution is 7.90. The fourth-order valence-electron chi connectivity index (χ4n) is 6.70. The van der Waals surface area contributed by atoms with Crippen molar-refractivity contribution in [1.82, 2.24) is 4.90 Å². The van der Waals surface area contributed by atoms with Crippen LogP contribution in [-0.4, -0.2) is 52.5 Å². The first-order valence-corrected chi connectivity index (χ1v) is 27.4. The number of hydrogen-bond donors (Lipinski definition) is 0. The Morgan fingerprint density at radius 3 is 1.78 bits per heavy atom. The Labute approximate surface area is 200 Å². The molecule has 0 radical (unpaired) electrons. The Balaban J connectivity index is 3.00. The number of ether oxygens (including phenoxy) is 1. The lowest BCUT2D eigenvalue weighted by Crippen LogP contribution is -2.82. The Hall–Kier alpha value is -1.16. The first kappa shape index (κ1) is 27.1. The molecule has 1 aromatic carbocycles. The van der Waals surface area contributed by atoms with Crippen molar-refractivity contribution < 1.29 is 9.53 Å². The molecule has 0 aromatic heterocycles. The van der Waals surface area contributed by atoms with Crippen molar-refractivity contribution in [3.8, 4) is 0 Å². The van der Waals surface area contributed by atoms with E-state index in [4.69, 9.17) is 4.74 Å². The number of cyclic esters (lactones) is 1. The molecule has 1 saturated heterocycles. The Morgan fingerprint density at radius 1 is 0.969 bits per heavy atom. The van der Waals surface area contributed by atoms with Gasteiger partial charge in [0.25, 0.3) is 0 Å². The van der Waals surface area contributed by atoms with Gasteiger partial charge in [-0.3, -0.25) is 4.90 Å². The van der Waals surface area contributed by atoms with Crippen LogP contribution < -0.4 is 0 Å². The third kappa shape index (κ3) is 4.72. The molecule has 0 aliphatic carbocycles. The van der Waals surface area contributed by atoms with Crippen molar-refractivity contribution in [3.63, 3.8) is 0 Å². The first-order valence-electron chi connectivity index (χ1n) is 11.8. The van der Waals surface area contributed by atoms with Crippen molar-refractivity contribution in [2.24, 2.45) is 0 Å². The van der Waals surface area contributed by atoms with Gasteiger partial charge in [-0.15, -0.1) is 6.58 Å². The molecule has 1 unspecified atom stereocenters. The van der Waals surface area contributed by atoms with Crippen LogP contribution in [0, 0.1) is 0 Å². The molecule has 1 aromatic rings. The minimum absolute atomic E-state index is 0.0305. The van der Waals surface area contributed by atoms with Crippen LogP contribution >= 0.6 is 0 Å². The molecule has 0 N–H and O–H groups in total. The number of carbonyl (C=O) groups is 1. The standard InChI is InChI=1S/C25H45NO2Si4/c1-13-22(21-17-15-14-16-18-21)23(26-24(27)28-20-25(26,2)3)19-32(29(4,5)6,30(7,8)9)31(10,11)12/h13-19,22H,1,20H2,2-12H3/b23-19-. The summed E-state index contributed by atoms with van der Waals surface area (Å²) in [6.07, 6.45) is 1.81. The first-order chi connectivity index (χ1) is 14.4. The number of allylic oxidation sites excluding steroid dienone is 1. The van der Waals surface area contributed by atoms with Gasteiger partial charge in [0.05, 0.1) is 12.2 Å². The average Bonchev–Trinajstić information content (AvgIpc) is 2.89. The number of carbonyl (C=O) groups excluding carboxylic acids is 1. The summed E-state index contributed by atoms with van der Waals surface area (Å²) < 4.78 is 5.62. The topological polar surface area (TPSA) is 29.5 Å². The minimum Gasteiger partial charge on any atom is -0.447 e. The average molecular weight is 504 g/mol. The smallest absolute Gasteiger partial charge is 0.414 e. The largest absolute Gasteiger partial charge is 0.447 e. The molecule has 32 heavy (non-hydrogen) atoms. The van der Waals surface area contributed by atoms with Crippen molar-refractivity contribution in [2.45, 2.75) is 84.2 Å². The van der Waals surface area contributed by atoms with E-state index in [1.165, 1.54) is 5.56 Å². The third-order valence-corrected chi connectivity index (χ3v) is 78.1. The van der Waals surface area contributed by atoms with Crippen molar-refractivity contribution in [1.29, 1.82) is 0 Å². The minimum atomic E-state index is -1.88. The van der Waals surface area contributed by atoms with Gasteiger partial charge < -0.3 is 4.74 Å². The molecule has 3 nitrogen and oxygen atoms in total. The summed E-state index contributed by atoms with van der Waals surface area (Å²) in [6.45, 7) is 30.3. The summed E-state index contributed by atoms with van der Waals surface area (Å²) in [5.41, 5.74) is 4.66. The summed E-state index contributed by atoms with van der Waals surface area (Å²) in [5.74, 6) is -0.0305. The third-order valence-electron chi connectivity index (χ3n) is 7.22. The second kappa shape index (κ2) is 8.89. The number of nitrogens with zero attached hydrogens (tertiary/aromatic N) is 1. The highest BCUT2D eigenvalue weighted by atomic mass is 29.9. The molecule has 1 fully saturated rings. The lowest BCUT2D eigenvalue weighted by atomic mass is 9.93. The van der Waals surface area contributed by atoms with E-state index < -0.39 is 29.4 Å². The molecule has 0 spiro atoms. The molecule has 1 heterocycles. The zero-order chi connectivity index (χ0) is 24.8. The van der Waals surface area contributed by atoms with E-state index in [1.807, 2.05) is 17.0 Å². The van der Waals surface area contributed by atoms with Gasteiger partial charge in [0, 0.05) is 34.4 Å². The van der Waals surface area contributed by atoms with Crippen LogP contribution in [0.5, 0.6) is 0 Å². The quantitative estimate of drug-likeness (QED) is 0.275. The van der Waals surface area contributed by atoms with E-state index in [0.29, 0.717) is 6.61 Å². The number of amides is 1. The molecular formula is C25H45NO2Si4. The van der Waals surface area contributed by atoms with Gasteiger partial charge in [0.15, 0.2) is 0 Å². The van der Waals surface area contributed by atoms with Crippen LogP contribution in [0.1, 0.15) is 25.3 Å². The summed E-state index contributed by atoms with van der Waals surface area (Å²) in [7, 11) is -4.73. The van der Waals surface area contributed by atoms with Gasteiger partial charge in [-0.2, -0.15) is 0 Å². The molecule has 1 aliphatic heterocycles. The van der Waals surface area contributed by atoms with E-state index in [1.54, 1.807) is 0 Å². The van der Waals surface area contributed by atoms with Gasteiger partial charge >= 0.3 is 6.09 Å². The van der Waals surface area contributed by atoms with Crippen LogP contribution in [0.2, 0.25) is 58.9 Å². The molecule has 0 saturated carbocycles. The molecule has 7 heteroatoms. The van der Waals surface area contributed by atoms with Crippen LogP contribution in [0.3, 0.4) is 0 Å². The monoisotopic (exact) mass is 503 g/mol. The summed E-state index contributed by atoms with van der Waals surface area (Å²) in [6, 6.07) is 10.5. The Morgan fingerprint density at radius 2 is 1.44 bits per heavy atom. The fraction of sp³-hybridized carbons (Fsp3) is 0.560. The number of benzene rings is 1. The van der Waals surface area contributed by atoms with Gasteiger partial charge in [-0.1, -0.05) is 101 Å². The van der Waals surface area contributed by atoms with E-state index in [-0.39, 0.29) is 17.6 Å². The molecule has 1 atom stereocenters. The summed E-state index contributed by atoms with van der Waals surface area (Å²) >= 11 is 0. The Bertz CT molecular complexity index is 838. The molecular weight excluding hydrogens is 459 g/mol. The normalized spacial score (nSPS) is 19.0. The maximum atomic E-state index is 13.2. The van der Waals surface area contributed by atoms with Crippen LogP contribution in [0.15, 0.2) is 54.4 Å². The van der Waals surface area contributed by atoms with Crippen LogP contribution in [0.4, 0.5) is 4.79 Å². The predicted octanol–water partition coefficient (Wildman–Crippen LogP) is 7.31. The van der Waals surface area contributed by atoms with Gasteiger partial charge in [-0.05, 0) is 19.4 Å². The highest BCUT2D eigenvalue weighted by Crippen LogP contribution is 2.43.